The third-order valence-electron chi connectivity index (χ3n) is 6.73. The summed E-state index contributed by atoms with van der Waals surface area (Å²) in [4.78, 5) is 33.8. The highest BCUT2D eigenvalue weighted by atomic mass is 32.1. The lowest BCUT2D eigenvalue weighted by Gasteiger charge is -2.31. The summed E-state index contributed by atoms with van der Waals surface area (Å²) in [6.07, 6.45) is 7.55. The average Bonchev–Trinajstić information content (AvgIpc) is 3.52. The van der Waals surface area contributed by atoms with E-state index in [1.165, 1.54) is 30.0 Å². The van der Waals surface area contributed by atoms with Gasteiger partial charge < -0.3 is 0 Å². The third-order valence-corrected chi connectivity index (χ3v) is 8.66. The largest absolute Gasteiger partial charge is 0.269 e. The van der Waals surface area contributed by atoms with Crippen LogP contribution in [0.15, 0.2) is 60.7 Å². The van der Waals surface area contributed by atoms with Crippen LogP contribution in [0.2, 0.25) is 0 Å². The molecule has 1 aliphatic heterocycles. The van der Waals surface area contributed by atoms with Crippen molar-refractivity contribution in [3.8, 4) is 22.3 Å². The molecule has 0 bridgehead atoms. The zero-order valence-corrected chi connectivity index (χ0v) is 21.1. The van der Waals surface area contributed by atoms with Gasteiger partial charge in [0.1, 0.15) is 0 Å². The van der Waals surface area contributed by atoms with Crippen LogP contribution in [0.4, 0.5) is 0 Å². The van der Waals surface area contributed by atoms with Crippen molar-refractivity contribution in [3.05, 3.63) is 91.3 Å². The van der Waals surface area contributed by atoms with E-state index in [0.717, 1.165) is 27.5 Å². The summed E-state index contributed by atoms with van der Waals surface area (Å²) in [7, 11) is 0. The first-order valence-electron chi connectivity index (χ1n) is 11.3. The van der Waals surface area contributed by atoms with Crippen molar-refractivity contribution in [1.82, 2.24) is 4.90 Å². The summed E-state index contributed by atoms with van der Waals surface area (Å²) >= 11 is 3.55. The maximum atomic E-state index is 13.8. The van der Waals surface area contributed by atoms with E-state index in [9.17, 15) is 9.59 Å². The molecule has 2 aromatic heterocycles. The Morgan fingerprint density at radius 2 is 1.32 bits per heavy atom. The van der Waals surface area contributed by atoms with Gasteiger partial charge >= 0.3 is 0 Å². The molecule has 0 saturated heterocycles. The number of carbonyl (C=O) groups excluding carboxylic acids is 2. The minimum atomic E-state index is -0.349. The molecule has 6 rings (SSSR count). The Hall–Kier alpha value is -3.28. The molecule has 2 aliphatic rings. The first kappa shape index (κ1) is 21.3. The molecule has 0 spiro atoms. The first-order valence-corrected chi connectivity index (χ1v) is 13.0. The fourth-order valence-corrected chi connectivity index (χ4v) is 7.20. The van der Waals surface area contributed by atoms with Crippen LogP contribution in [-0.4, -0.2) is 22.8 Å². The minimum Gasteiger partial charge on any atom is -0.269 e. The Kier molecular flexibility index (Phi) is 4.77. The molecule has 34 heavy (non-hydrogen) atoms. The molecule has 4 aromatic rings. The average molecular weight is 482 g/mol. The Labute approximate surface area is 206 Å². The smallest absolute Gasteiger partial charge is 0.262 e. The van der Waals surface area contributed by atoms with E-state index < -0.39 is 0 Å². The van der Waals surface area contributed by atoms with E-state index in [1.54, 1.807) is 22.7 Å². The first-order chi connectivity index (χ1) is 16.3. The number of hydrogen-bond acceptors (Lipinski definition) is 4. The van der Waals surface area contributed by atoms with E-state index in [-0.39, 0.29) is 17.9 Å². The van der Waals surface area contributed by atoms with E-state index in [1.807, 2.05) is 42.5 Å². The molecule has 0 radical (unpaired) electrons. The topological polar surface area (TPSA) is 37.4 Å². The lowest BCUT2D eigenvalue weighted by molar-refractivity contribution is 0.0596. The highest BCUT2D eigenvalue weighted by molar-refractivity contribution is 7.12. The zero-order chi connectivity index (χ0) is 23.7. The number of benzene rings is 2. The molecule has 0 unspecified atom stereocenters. The van der Waals surface area contributed by atoms with Crippen LogP contribution in [0.3, 0.4) is 0 Å². The number of hydrogen-bond donors (Lipinski definition) is 0. The van der Waals surface area contributed by atoms with Crippen LogP contribution in [0.25, 0.3) is 33.0 Å². The summed E-state index contributed by atoms with van der Waals surface area (Å²) in [6, 6.07) is 12.0. The third kappa shape index (κ3) is 3.00. The van der Waals surface area contributed by atoms with Crippen molar-refractivity contribution in [2.75, 3.05) is 0 Å². The molecule has 5 heteroatoms. The Morgan fingerprint density at radius 3 is 1.94 bits per heavy atom. The summed E-state index contributed by atoms with van der Waals surface area (Å²) in [5.74, 6) is -0.464. The van der Waals surface area contributed by atoms with E-state index >= 15 is 0 Å². The molecule has 3 heterocycles. The SMILES string of the molecule is Cc1cc(-c2cc3c4c(cccc4c2-c2cc(C)sc2C)C(=O)N(C2C=CC=C2)C3=O)c(C)s1. The van der Waals surface area contributed by atoms with Gasteiger partial charge in [0, 0.05) is 36.0 Å². The number of thiophene rings is 2. The molecule has 2 aromatic carbocycles. The van der Waals surface area contributed by atoms with Crippen LogP contribution in [0.1, 0.15) is 40.2 Å². The van der Waals surface area contributed by atoms with Crippen LogP contribution in [0.5, 0.6) is 0 Å². The summed E-state index contributed by atoms with van der Waals surface area (Å²) < 4.78 is 0. The van der Waals surface area contributed by atoms with Crippen molar-refractivity contribution in [2.45, 2.75) is 33.7 Å². The minimum absolute atomic E-state index is 0.231. The lowest BCUT2D eigenvalue weighted by Crippen LogP contribution is -2.45. The number of aryl methyl sites for hydroxylation is 4. The Morgan fingerprint density at radius 1 is 0.706 bits per heavy atom. The normalized spacial score (nSPS) is 15.4. The highest BCUT2D eigenvalue weighted by Crippen LogP contribution is 2.47. The fraction of sp³-hybridized carbons (Fsp3) is 0.172. The van der Waals surface area contributed by atoms with Crippen molar-refractivity contribution in [1.29, 1.82) is 0 Å². The number of amides is 2. The van der Waals surface area contributed by atoms with E-state index in [0.29, 0.717) is 11.1 Å². The second kappa shape index (κ2) is 7.62. The van der Waals surface area contributed by atoms with Gasteiger partial charge in [-0.2, -0.15) is 0 Å². The van der Waals surface area contributed by atoms with Crippen LogP contribution < -0.4 is 0 Å². The standard InChI is InChI=1S/C29H23NO2S2/c1-15-12-22(17(3)33-15)24-14-25-26-20(27(24)23-13-16(2)34-18(23)4)10-7-11-21(26)28(31)30(29(25)32)19-8-5-6-9-19/h5-14,19H,1-4H3. The summed E-state index contributed by atoms with van der Waals surface area (Å²) in [5, 5.41) is 1.74. The van der Waals surface area contributed by atoms with Crippen molar-refractivity contribution in [2.24, 2.45) is 0 Å². The van der Waals surface area contributed by atoms with Gasteiger partial charge in [-0.25, -0.2) is 0 Å². The number of imide groups is 1. The Balaban J connectivity index is 1.74. The van der Waals surface area contributed by atoms with Crippen molar-refractivity contribution < 1.29 is 9.59 Å². The number of allylic oxidation sites excluding steroid dienone is 2. The predicted octanol–water partition coefficient (Wildman–Crippen LogP) is 7.62. The van der Waals surface area contributed by atoms with Crippen LogP contribution in [0, 0.1) is 27.7 Å². The predicted molar refractivity (Wildman–Crippen MR) is 142 cm³/mol. The van der Waals surface area contributed by atoms with Crippen LogP contribution >= 0.6 is 22.7 Å². The van der Waals surface area contributed by atoms with E-state index in [2.05, 4.69) is 45.9 Å². The molecule has 0 fully saturated rings. The zero-order valence-electron chi connectivity index (χ0n) is 19.4. The molecule has 1 aliphatic carbocycles. The van der Waals surface area contributed by atoms with Gasteiger partial charge in [0.05, 0.1) is 6.04 Å². The molecule has 0 N–H and O–H groups in total. The van der Waals surface area contributed by atoms with Gasteiger partial charge in [-0.3, -0.25) is 14.5 Å². The molecule has 168 valence electrons. The van der Waals surface area contributed by atoms with Crippen molar-refractivity contribution >= 4 is 45.3 Å². The quantitative estimate of drug-likeness (QED) is 0.282. The second-order valence-electron chi connectivity index (χ2n) is 8.97. The summed E-state index contributed by atoms with van der Waals surface area (Å²) in [6.45, 7) is 8.53. The van der Waals surface area contributed by atoms with Gasteiger partial charge in [0.15, 0.2) is 0 Å². The Bertz CT molecular complexity index is 1590. The fourth-order valence-electron chi connectivity index (χ4n) is 5.33. The van der Waals surface area contributed by atoms with Crippen molar-refractivity contribution in [3.63, 3.8) is 0 Å². The van der Waals surface area contributed by atoms with Gasteiger partial charge in [0.2, 0.25) is 0 Å². The maximum Gasteiger partial charge on any atom is 0.262 e. The van der Waals surface area contributed by atoms with Gasteiger partial charge in [0.25, 0.3) is 11.8 Å². The number of nitrogens with zero attached hydrogens (tertiary/aromatic N) is 1. The monoisotopic (exact) mass is 481 g/mol. The lowest BCUT2D eigenvalue weighted by atomic mass is 9.83. The van der Waals surface area contributed by atoms with E-state index in [4.69, 9.17) is 0 Å². The summed E-state index contributed by atoms with van der Waals surface area (Å²) in [5.41, 5.74) is 5.69. The molecular weight excluding hydrogens is 458 g/mol. The molecule has 2 amide bonds. The molecule has 0 saturated carbocycles. The molecule has 3 nitrogen and oxygen atoms in total. The van der Waals surface area contributed by atoms with Gasteiger partial charge in [-0.15, -0.1) is 22.7 Å². The number of carbonyl (C=O) groups is 2. The highest BCUT2D eigenvalue weighted by Gasteiger charge is 2.37. The van der Waals surface area contributed by atoms with Crippen LogP contribution in [-0.2, 0) is 0 Å². The van der Waals surface area contributed by atoms with Gasteiger partial charge in [-0.1, -0.05) is 36.4 Å². The van der Waals surface area contributed by atoms with Gasteiger partial charge in [-0.05, 0) is 79.6 Å². The second-order valence-corrected chi connectivity index (χ2v) is 11.9. The maximum absolute atomic E-state index is 13.8. The number of rotatable bonds is 3. The molecule has 0 atom stereocenters. The molecular formula is C29H23NO2S2.